The van der Waals surface area contributed by atoms with Crippen LogP contribution in [-0.2, 0) is 5.41 Å². The molecule has 3 heterocycles. The summed E-state index contributed by atoms with van der Waals surface area (Å²) in [5.74, 6) is 0. The van der Waals surface area contributed by atoms with Gasteiger partial charge < -0.3 is 14.0 Å². The van der Waals surface area contributed by atoms with Crippen LogP contribution in [0.3, 0.4) is 0 Å². The molecule has 0 amide bonds. The van der Waals surface area contributed by atoms with Crippen LogP contribution in [0.4, 0.5) is 17.1 Å². The maximum Gasteiger partial charge on any atom is 0.0715 e. The number of fused-ring (bicyclic) bond motifs is 12. The van der Waals surface area contributed by atoms with Crippen molar-refractivity contribution < 1.29 is 0 Å². The van der Waals surface area contributed by atoms with E-state index in [0.717, 1.165) is 22.7 Å². The van der Waals surface area contributed by atoms with Gasteiger partial charge in [-0.2, -0.15) is 0 Å². The fourth-order valence-electron chi connectivity index (χ4n) is 13.8. The van der Waals surface area contributed by atoms with Gasteiger partial charge in [0, 0.05) is 55.4 Å². The molecule has 0 saturated heterocycles. The summed E-state index contributed by atoms with van der Waals surface area (Å²) in [6.07, 6.45) is 0. The third kappa shape index (κ3) is 5.61. The minimum absolute atomic E-state index is 0.614. The molecular weight excluding hydrogens is 919 g/mol. The Morgan fingerprint density at radius 2 is 0.829 bits per heavy atom. The van der Waals surface area contributed by atoms with Crippen LogP contribution < -0.4 is 4.90 Å². The lowest BCUT2D eigenvalue weighted by molar-refractivity contribution is 0.772. The minimum atomic E-state index is -0.614. The van der Waals surface area contributed by atoms with Gasteiger partial charge in [-0.1, -0.05) is 194 Å². The molecule has 76 heavy (non-hydrogen) atoms. The fraction of sp³-hybridized carbons (Fsp3) is 0.0137. The molecule has 0 unspecified atom stereocenters. The van der Waals surface area contributed by atoms with E-state index in [-0.39, 0.29) is 0 Å². The van der Waals surface area contributed by atoms with Crippen LogP contribution in [0, 0.1) is 0 Å². The number of rotatable bonds is 6. The van der Waals surface area contributed by atoms with Crippen molar-refractivity contribution in [1.82, 2.24) is 9.13 Å². The topological polar surface area (TPSA) is 13.1 Å². The Morgan fingerprint density at radius 3 is 1.59 bits per heavy atom. The van der Waals surface area contributed by atoms with E-state index in [1.54, 1.807) is 0 Å². The molecule has 2 aromatic heterocycles. The van der Waals surface area contributed by atoms with E-state index in [1.165, 1.54) is 126 Å². The van der Waals surface area contributed by atoms with Gasteiger partial charge in [-0.05, 0) is 145 Å². The largest absolute Gasteiger partial charge is 0.310 e. The molecule has 1 aliphatic carbocycles. The van der Waals surface area contributed by atoms with Crippen molar-refractivity contribution in [3.63, 3.8) is 0 Å². The lowest BCUT2D eigenvalue weighted by atomic mass is 9.67. The highest BCUT2D eigenvalue weighted by Gasteiger charge is 2.49. The summed E-state index contributed by atoms with van der Waals surface area (Å²) >= 11 is 0. The molecule has 1 aliphatic heterocycles. The van der Waals surface area contributed by atoms with Gasteiger partial charge in [0.25, 0.3) is 0 Å². The molecule has 0 radical (unpaired) electrons. The minimum Gasteiger partial charge on any atom is -0.310 e. The van der Waals surface area contributed by atoms with E-state index in [0.29, 0.717) is 0 Å². The zero-order valence-corrected chi connectivity index (χ0v) is 41.3. The quantitative estimate of drug-likeness (QED) is 0.162. The second-order valence-electron chi connectivity index (χ2n) is 20.8. The van der Waals surface area contributed by atoms with E-state index >= 15 is 0 Å². The maximum absolute atomic E-state index is 2.61. The number of benzene rings is 13. The van der Waals surface area contributed by atoms with Gasteiger partial charge in [0.1, 0.15) is 0 Å². The molecule has 0 saturated carbocycles. The lowest BCUT2D eigenvalue weighted by Gasteiger charge is -2.34. The van der Waals surface area contributed by atoms with E-state index in [9.17, 15) is 0 Å². The average Bonchev–Trinajstić information content (AvgIpc) is 4.01. The van der Waals surface area contributed by atoms with Gasteiger partial charge in [-0.25, -0.2) is 0 Å². The highest BCUT2D eigenvalue weighted by molar-refractivity contribution is 6.20. The van der Waals surface area contributed by atoms with Crippen molar-refractivity contribution in [2.24, 2.45) is 0 Å². The van der Waals surface area contributed by atoms with E-state index in [4.69, 9.17) is 0 Å². The molecule has 0 spiro atoms. The van der Waals surface area contributed by atoms with Gasteiger partial charge in [0.2, 0.25) is 0 Å². The summed E-state index contributed by atoms with van der Waals surface area (Å²) in [7, 11) is 0. The highest BCUT2D eigenvalue weighted by atomic mass is 15.1. The summed E-state index contributed by atoms with van der Waals surface area (Å²) in [5.41, 5.74) is 20.1. The van der Waals surface area contributed by atoms with Crippen molar-refractivity contribution in [3.05, 3.63) is 295 Å². The zero-order chi connectivity index (χ0) is 49.6. The number of hydrogen-bond acceptors (Lipinski definition) is 1. The van der Waals surface area contributed by atoms with Gasteiger partial charge in [0.05, 0.1) is 33.2 Å². The van der Waals surface area contributed by atoms with Gasteiger partial charge in [-0.15, -0.1) is 0 Å². The maximum atomic E-state index is 2.61. The molecule has 3 nitrogen and oxygen atoms in total. The summed E-state index contributed by atoms with van der Waals surface area (Å²) < 4.78 is 5.01. The van der Waals surface area contributed by atoms with Crippen LogP contribution in [0.1, 0.15) is 22.3 Å². The smallest absolute Gasteiger partial charge is 0.0715 e. The molecule has 2 aliphatic rings. The predicted octanol–water partition coefficient (Wildman–Crippen LogP) is 19.2. The molecule has 0 fully saturated rings. The number of para-hydroxylation sites is 3. The Bertz CT molecular complexity index is 4880. The lowest BCUT2D eigenvalue weighted by Crippen LogP contribution is -2.28. The van der Waals surface area contributed by atoms with Crippen molar-refractivity contribution in [1.29, 1.82) is 0 Å². The van der Waals surface area contributed by atoms with Gasteiger partial charge in [0.15, 0.2) is 0 Å². The molecule has 15 aromatic rings. The van der Waals surface area contributed by atoms with Crippen molar-refractivity contribution >= 4 is 93.0 Å². The molecule has 0 N–H and O–H groups in total. The second-order valence-corrected chi connectivity index (χ2v) is 20.8. The average molecular weight is 964 g/mol. The van der Waals surface area contributed by atoms with Gasteiger partial charge >= 0.3 is 0 Å². The number of nitrogens with zero attached hydrogens (tertiary/aromatic N) is 3. The first kappa shape index (κ1) is 41.5. The Morgan fingerprint density at radius 1 is 0.289 bits per heavy atom. The molecule has 0 bridgehead atoms. The first-order valence-electron chi connectivity index (χ1n) is 26.4. The van der Waals surface area contributed by atoms with E-state index in [1.807, 2.05) is 0 Å². The first-order valence-corrected chi connectivity index (χ1v) is 26.4. The van der Waals surface area contributed by atoms with Crippen molar-refractivity contribution in [2.45, 2.75) is 5.41 Å². The molecule has 352 valence electrons. The van der Waals surface area contributed by atoms with Crippen LogP contribution in [0.2, 0.25) is 0 Å². The Kier molecular flexibility index (Phi) is 8.48. The highest BCUT2D eigenvalue weighted by Crippen LogP contribution is 2.63. The SMILES string of the molecule is c1ccc(-n2c3ccccc3c3cc(N(c4ccc5ccccc5c4)c4ccc5c6ccc7c8c6n(c5c4)-c4ccccc4-c4cccc(c4-8)C7(c4ccc5ccccc5c4)c4ccc5ccccc5c4)ccc32)cc1. The first-order chi connectivity index (χ1) is 37.7. The molecular formula is C73H45N3. The standard InChI is InChI=1S/C73H45N3/c1-2-21-54(22-3-1)75-66-27-12-11-24-59(66)63-44-56(36-40-68(63)75)74(55-34-31-48-17-6-9-20-51(48)43-55)57-35-37-60-62-38-39-65-71-70-61(58-23-10-13-28-67(58)76(72(62)71)69(60)45-57)25-14-26-64(70)73(65,52-32-29-46-15-4-7-18-49(46)41-52)53-33-30-47-16-5-8-19-50(47)42-53/h1-45H. The number of anilines is 3. The zero-order valence-electron chi connectivity index (χ0n) is 41.3. The van der Waals surface area contributed by atoms with Gasteiger partial charge in [-0.3, -0.25) is 0 Å². The fourth-order valence-corrected chi connectivity index (χ4v) is 13.8. The Balaban J connectivity index is 0.962. The summed E-state index contributed by atoms with van der Waals surface area (Å²) in [4.78, 5) is 2.47. The van der Waals surface area contributed by atoms with Crippen LogP contribution >= 0.6 is 0 Å². The normalized spacial score (nSPS) is 13.1. The summed E-state index contributed by atoms with van der Waals surface area (Å²) in [6.45, 7) is 0. The monoisotopic (exact) mass is 963 g/mol. The Hall–Kier alpha value is -9.96. The second kappa shape index (κ2) is 15.5. The third-order valence-corrected chi connectivity index (χ3v) is 17.0. The summed E-state index contributed by atoms with van der Waals surface area (Å²) in [6, 6.07) is 102. The molecule has 0 atom stereocenters. The number of aromatic nitrogens is 2. The molecule has 13 aromatic carbocycles. The predicted molar refractivity (Wildman–Crippen MR) is 319 cm³/mol. The van der Waals surface area contributed by atoms with Crippen LogP contribution in [0.25, 0.3) is 110 Å². The van der Waals surface area contributed by atoms with Crippen molar-refractivity contribution in [2.75, 3.05) is 4.90 Å². The van der Waals surface area contributed by atoms with Crippen molar-refractivity contribution in [3.8, 4) is 33.6 Å². The van der Waals surface area contributed by atoms with Crippen LogP contribution in [0.5, 0.6) is 0 Å². The van der Waals surface area contributed by atoms with Crippen LogP contribution in [0.15, 0.2) is 273 Å². The third-order valence-electron chi connectivity index (χ3n) is 17.0. The molecule has 3 heteroatoms. The van der Waals surface area contributed by atoms with E-state index in [2.05, 4.69) is 287 Å². The van der Waals surface area contributed by atoms with Crippen LogP contribution in [-0.4, -0.2) is 9.13 Å². The summed E-state index contributed by atoms with van der Waals surface area (Å²) in [5, 5.41) is 12.3. The number of hydrogen-bond donors (Lipinski definition) is 0. The van der Waals surface area contributed by atoms with E-state index < -0.39 is 5.41 Å². The molecule has 17 rings (SSSR count). The Labute approximate surface area is 439 Å².